The monoisotopic (exact) mass is 698 g/mol. The van der Waals surface area contributed by atoms with Gasteiger partial charge in [-0.25, -0.2) is 4.98 Å². The van der Waals surface area contributed by atoms with E-state index >= 15 is 0 Å². The molecule has 0 saturated carbocycles. The van der Waals surface area contributed by atoms with Gasteiger partial charge in [0.05, 0.1) is 16.8 Å². The number of benzene rings is 5. The van der Waals surface area contributed by atoms with E-state index in [1.54, 1.807) is 36.4 Å². The number of ether oxygens (including phenoxy) is 1. The number of carbonyl (C=O) groups is 3. The Kier molecular flexibility index (Phi) is 11.0. The van der Waals surface area contributed by atoms with Gasteiger partial charge in [-0.2, -0.15) is 0 Å². The number of hydrogen-bond donors (Lipinski definition) is 3. The summed E-state index contributed by atoms with van der Waals surface area (Å²) in [5.41, 5.74) is 4.41. The average Bonchev–Trinajstić information content (AvgIpc) is 3.53. The van der Waals surface area contributed by atoms with Gasteiger partial charge in [0.1, 0.15) is 16.7 Å². The fourth-order valence-electron chi connectivity index (χ4n) is 5.14. The first-order chi connectivity index (χ1) is 24.3. The molecule has 0 bridgehead atoms. The van der Waals surface area contributed by atoms with Crippen molar-refractivity contribution < 1.29 is 19.1 Å². The van der Waals surface area contributed by atoms with Crippen LogP contribution in [0.4, 0.5) is 10.8 Å². The maximum Gasteiger partial charge on any atom is 0.272 e. The van der Waals surface area contributed by atoms with Crippen LogP contribution in [0, 0.1) is 6.92 Å². The largest absolute Gasteiger partial charge is 0.494 e. The van der Waals surface area contributed by atoms with Crippen molar-refractivity contribution in [3.63, 3.8) is 0 Å². The van der Waals surface area contributed by atoms with Gasteiger partial charge in [-0.05, 0) is 79.6 Å². The molecule has 250 valence electrons. The zero-order valence-electron chi connectivity index (χ0n) is 27.4. The molecule has 6 aromatic rings. The van der Waals surface area contributed by atoms with Gasteiger partial charge >= 0.3 is 0 Å². The summed E-state index contributed by atoms with van der Waals surface area (Å²) in [6.07, 6.45) is 1.65. The lowest BCUT2D eigenvalue weighted by atomic mass is 10.1. The van der Waals surface area contributed by atoms with Crippen LogP contribution in [0.3, 0.4) is 0 Å². The van der Waals surface area contributed by atoms with E-state index in [9.17, 15) is 14.4 Å². The summed E-state index contributed by atoms with van der Waals surface area (Å²) in [4.78, 5) is 46.0. The highest BCUT2D eigenvalue weighted by atomic mass is 32.2. The number of nitrogens with zero attached hydrogens (tertiary/aromatic N) is 1. The van der Waals surface area contributed by atoms with Crippen molar-refractivity contribution in [3.05, 3.63) is 155 Å². The van der Waals surface area contributed by atoms with Crippen molar-refractivity contribution in [2.75, 3.05) is 17.2 Å². The Morgan fingerprint density at radius 3 is 2.36 bits per heavy atom. The smallest absolute Gasteiger partial charge is 0.272 e. The predicted molar refractivity (Wildman–Crippen MR) is 203 cm³/mol. The molecule has 0 saturated heterocycles. The van der Waals surface area contributed by atoms with Crippen LogP contribution in [0.15, 0.2) is 138 Å². The molecule has 0 radical (unpaired) electrons. The molecular formula is C40H34N4O4S2. The van der Waals surface area contributed by atoms with Gasteiger partial charge in [-0.1, -0.05) is 95.8 Å². The number of aromatic nitrogens is 1. The molecule has 1 aromatic heterocycles. The maximum absolute atomic E-state index is 13.8. The fraction of sp³-hybridized carbons (Fsp3) is 0.100. The second kappa shape index (κ2) is 16.1. The van der Waals surface area contributed by atoms with Crippen molar-refractivity contribution in [2.45, 2.75) is 24.0 Å². The van der Waals surface area contributed by atoms with Crippen LogP contribution in [-0.2, 0) is 9.59 Å². The van der Waals surface area contributed by atoms with Crippen LogP contribution < -0.4 is 20.7 Å². The van der Waals surface area contributed by atoms with Crippen LogP contribution in [-0.4, -0.2) is 29.3 Å². The summed E-state index contributed by atoms with van der Waals surface area (Å²) in [7, 11) is 0. The number of thioether (sulfide) groups is 1. The number of fused-ring (bicyclic) bond motifs is 1. The molecule has 1 unspecified atom stereocenters. The molecule has 5 aromatic carbocycles. The van der Waals surface area contributed by atoms with E-state index in [2.05, 4.69) is 20.9 Å². The zero-order chi connectivity index (χ0) is 34.9. The number of amides is 3. The second-order valence-electron chi connectivity index (χ2n) is 11.3. The van der Waals surface area contributed by atoms with Crippen LogP contribution >= 0.6 is 23.1 Å². The standard InChI is InChI=1S/C40H34N4O4S2/c1-3-48-31-20-21-33-35(25-31)50-40(43-33)44-39(47)36(28-14-6-4-7-15-28)49-32-19-11-18-30(24-32)41-38(46)34(23-27-13-10-12-26(2)22-27)42-37(45)29-16-8-5-9-17-29/h4-25,36H,3H2,1-2H3,(H,41,46)(H,42,45)(H,43,44,47)/b34-23+. The van der Waals surface area contributed by atoms with E-state index in [1.807, 2.05) is 111 Å². The summed E-state index contributed by atoms with van der Waals surface area (Å²) in [6, 6.07) is 38.8. The third-order valence-corrected chi connectivity index (χ3v) is 9.65. The molecule has 8 nitrogen and oxygen atoms in total. The number of rotatable bonds is 12. The number of hydrogen-bond acceptors (Lipinski definition) is 7. The highest BCUT2D eigenvalue weighted by Gasteiger charge is 2.24. The van der Waals surface area contributed by atoms with Crippen LogP contribution in [0.1, 0.15) is 39.2 Å². The molecule has 0 fully saturated rings. The Morgan fingerprint density at radius 1 is 0.840 bits per heavy atom. The van der Waals surface area contributed by atoms with Gasteiger partial charge in [0.25, 0.3) is 11.8 Å². The van der Waals surface area contributed by atoms with Crippen LogP contribution in [0.25, 0.3) is 16.3 Å². The third kappa shape index (κ3) is 8.84. The Labute approximate surface area is 298 Å². The van der Waals surface area contributed by atoms with Crippen molar-refractivity contribution in [1.29, 1.82) is 0 Å². The molecule has 50 heavy (non-hydrogen) atoms. The maximum atomic E-state index is 13.8. The first-order valence-electron chi connectivity index (χ1n) is 16.0. The van der Waals surface area contributed by atoms with Gasteiger partial charge in [0, 0.05) is 16.1 Å². The van der Waals surface area contributed by atoms with E-state index in [1.165, 1.54) is 23.1 Å². The molecule has 3 N–H and O–H groups in total. The highest BCUT2D eigenvalue weighted by Crippen LogP contribution is 2.38. The quantitative estimate of drug-likeness (QED) is 0.0870. The Bertz CT molecular complexity index is 2170. The number of anilines is 2. The van der Waals surface area contributed by atoms with Gasteiger partial charge in [-0.15, -0.1) is 11.8 Å². The molecule has 1 heterocycles. The minimum Gasteiger partial charge on any atom is -0.494 e. The number of carbonyl (C=O) groups excluding carboxylic acids is 3. The molecule has 10 heteroatoms. The zero-order valence-corrected chi connectivity index (χ0v) is 29.0. The highest BCUT2D eigenvalue weighted by molar-refractivity contribution is 8.00. The first kappa shape index (κ1) is 34.2. The molecule has 3 amide bonds. The topological polar surface area (TPSA) is 109 Å². The lowest BCUT2D eigenvalue weighted by molar-refractivity contribution is -0.116. The summed E-state index contributed by atoms with van der Waals surface area (Å²) in [5, 5.41) is 8.61. The SMILES string of the molecule is CCOc1ccc2nc(NC(=O)C(Sc3cccc(NC(=O)/C(=C\c4cccc(C)c4)NC(=O)c4ccccc4)c3)c3ccccc3)sc2c1. The predicted octanol–water partition coefficient (Wildman–Crippen LogP) is 8.89. The molecular weight excluding hydrogens is 665 g/mol. The third-order valence-electron chi connectivity index (χ3n) is 7.47. The lowest BCUT2D eigenvalue weighted by Gasteiger charge is -2.17. The molecule has 0 spiro atoms. The van der Waals surface area contributed by atoms with Crippen LogP contribution in [0.2, 0.25) is 0 Å². The van der Waals surface area contributed by atoms with E-state index in [0.29, 0.717) is 23.0 Å². The minimum atomic E-state index is -0.616. The van der Waals surface area contributed by atoms with Crippen molar-refractivity contribution in [3.8, 4) is 5.75 Å². The van der Waals surface area contributed by atoms with Gasteiger partial charge in [-0.3, -0.25) is 14.4 Å². The average molecular weight is 699 g/mol. The first-order valence-corrected chi connectivity index (χ1v) is 17.7. The van der Waals surface area contributed by atoms with E-state index in [4.69, 9.17) is 4.74 Å². The van der Waals surface area contributed by atoms with Crippen LogP contribution in [0.5, 0.6) is 5.75 Å². The summed E-state index contributed by atoms with van der Waals surface area (Å²) in [6.45, 7) is 4.45. The van der Waals surface area contributed by atoms with Crippen molar-refractivity contribution in [2.24, 2.45) is 0 Å². The van der Waals surface area contributed by atoms with Crippen molar-refractivity contribution in [1.82, 2.24) is 10.3 Å². The molecule has 6 rings (SSSR count). The molecule has 0 aliphatic rings. The summed E-state index contributed by atoms with van der Waals surface area (Å²) >= 11 is 2.74. The van der Waals surface area contributed by atoms with Crippen molar-refractivity contribution >= 4 is 67.9 Å². The number of aryl methyl sites for hydroxylation is 1. The van der Waals surface area contributed by atoms with E-state index < -0.39 is 17.1 Å². The van der Waals surface area contributed by atoms with E-state index in [-0.39, 0.29) is 11.6 Å². The van der Waals surface area contributed by atoms with E-state index in [0.717, 1.165) is 37.6 Å². The number of nitrogens with one attached hydrogen (secondary N) is 3. The fourth-order valence-corrected chi connectivity index (χ4v) is 7.12. The summed E-state index contributed by atoms with van der Waals surface area (Å²) < 4.78 is 6.53. The van der Waals surface area contributed by atoms with Gasteiger partial charge < -0.3 is 20.7 Å². The minimum absolute atomic E-state index is 0.0910. The Balaban J connectivity index is 1.22. The molecule has 0 aliphatic carbocycles. The Morgan fingerprint density at radius 2 is 1.60 bits per heavy atom. The molecule has 0 aliphatic heterocycles. The van der Waals surface area contributed by atoms with Gasteiger partial charge in [0.15, 0.2) is 5.13 Å². The Hall–Kier alpha value is -5.71. The molecule has 1 atom stereocenters. The summed E-state index contributed by atoms with van der Waals surface area (Å²) in [5.74, 6) is -0.364. The lowest BCUT2D eigenvalue weighted by Crippen LogP contribution is -2.30. The van der Waals surface area contributed by atoms with Gasteiger partial charge in [0.2, 0.25) is 5.91 Å². The number of thiazole rings is 1. The normalized spacial score (nSPS) is 11.8. The second-order valence-corrected chi connectivity index (χ2v) is 13.5.